The standard InChI is InChI=1S/C16H18O5/c1-4-5-16(18)21-9-20-15-8-12-11(7-14(15)19-3)10(2)6-13(12)17/h4,7-8,10H,1,5-6,9H2,2-3H3. The highest BCUT2D eigenvalue weighted by atomic mass is 16.7. The first-order chi connectivity index (χ1) is 10.1. The van der Waals surface area contributed by atoms with E-state index >= 15 is 0 Å². The summed E-state index contributed by atoms with van der Waals surface area (Å²) in [7, 11) is 1.53. The number of esters is 1. The van der Waals surface area contributed by atoms with Gasteiger partial charge in [-0.1, -0.05) is 13.0 Å². The molecule has 0 amide bonds. The van der Waals surface area contributed by atoms with E-state index in [-0.39, 0.29) is 24.9 Å². The number of benzene rings is 1. The van der Waals surface area contributed by atoms with Crippen LogP contribution in [-0.2, 0) is 9.53 Å². The van der Waals surface area contributed by atoms with Crippen molar-refractivity contribution in [3.8, 4) is 11.5 Å². The number of ether oxygens (including phenoxy) is 3. The van der Waals surface area contributed by atoms with Gasteiger partial charge in [0.2, 0.25) is 6.79 Å². The van der Waals surface area contributed by atoms with Gasteiger partial charge >= 0.3 is 5.97 Å². The number of carbonyl (C=O) groups is 2. The van der Waals surface area contributed by atoms with E-state index in [9.17, 15) is 9.59 Å². The Bertz CT molecular complexity index is 576. The summed E-state index contributed by atoms with van der Waals surface area (Å²) in [6, 6.07) is 3.47. The van der Waals surface area contributed by atoms with Crippen LogP contribution < -0.4 is 9.47 Å². The molecule has 0 heterocycles. The number of Topliss-reactive ketones (excluding diaryl/α,β-unsaturated/α-hetero) is 1. The van der Waals surface area contributed by atoms with Crippen LogP contribution in [0.1, 0.15) is 41.6 Å². The number of hydrogen-bond acceptors (Lipinski definition) is 5. The van der Waals surface area contributed by atoms with Gasteiger partial charge < -0.3 is 14.2 Å². The fourth-order valence-corrected chi connectivity index (χ4v) is 2.33. The first-order valence-corrected chi connectivity index (χ1v) is 6.71. The SMILES string of the molecule is C=CCC(=O)OCOc1cc2c(cc1OC)C(C)CC2=O. The smallest absolute Gasteiger partial charge is 0.312 e. The van der Waals surface area contributed by atoms with E-state index in [1.54, 1.807) is 6.07 Å². The quantitative estimate of drug-likeness (QED) is 0.458. The van der Waals surface area contributed by atoms with E-state index in [0.717, 1.165) is 5.56 Å². The van der Waals surface area contributed by atoms with Crippen molar-refractivity contribution in [2.75, 3.05) is 13.9 Å². The Labute approximate surface area is 123 Å². The lowest BCUT2D eigenvalue weighted by Gasteiger charge is -2.13. The molecule has 1 atom stereocenters. The number of rotatable bonds is 6. The Kier molecular flexibility index (Phi) is 4.62. The number of methoxy groups -OCH3 is 1. The molecule has 1 aromatic rings. The topological polar surface area (TPSA) is 61.8 Å². The molecule has 0 aromatic heterocycles. The maximum atomic E-state index is 11.9. The third-order valence-electron chi connectivity index (χ3n) is 3.40. The van der Waals surface area contributed by atoms with Crippen molar-refractivity contribution in [3.63, 3.8) is 0 Å². The van der Waals surface area contributed by atoms with Gasteiger partial charge in [-0.15, -0.1) is 6.58 Å². The highest BCUT2D eigenvalue weighted by Crippen LogP contribution is 2.40. The zero-order chi connectivity index (χ0) is 15.4. The van der Waals surface area contributed by atoms with E-state index in [4.69, 9.17) is 14.2 Å². The van der Waals surface area contributed by atoms with Crippen molar-refractivity contribution >= 4 is 11.8 Å². The van der Waals surface area contributed by atoms with Gasteiger partial charge in [-0.05, 0) is 23.6 Å². The molecule has 0 aliphatic heterocycles. The van der Waals surface area contributed by atoms with Gasteiger partial charge in [0.25, 0.3) is 0 Å². The second kappa shape index (κ2) is 6.43. The first kappa shape index (κ1) is 15.1. The molecule has 0 saturated heterocycles. The van der Waals surface area contributed by atoms with Crippen LogP contribution in [0, 0.1) is 0 Å². The van der Waals surface area contributed by atoms with Crippen LogP contribution in [0.5, 0.6) is 11.5 Å². The number of hydrogen-bond donors (Lipinski definition) is 0. The summed E-state index contributed by atoms with van der Waals surface area (Å²) in [5, 5.41) is 0. The summed E-state index contributed by atoms with van der Waals surface area (Å²) in [5.74, 6) is 0.768. The molecule has 0 fully saturated rings. The van der Waals surface area contributed by atoms with Gasteiger partial charge in [0.05, 0.1) is 13.5 Å². The van der Waals surface area contributed by atoms with Crippen molar-refractivity contribution in [2.24, 2.45) is 0 Å². The molecule has 1 aromatic carbocycles. The fourth-order valence-electron chi connectivity index (χ4n) is 2.33. The van der Waals surface area contributed by atoms with Crippen LogP contribution in [0.25, 0.3) is 0 Å². The Morgan fingerprint density at radius 2 is 2.19 bits per heavy atom. The van der Waals surface area contributed by atoms with Crippen molar-refractivity contribution in [2.45, 2.75) is 25.7 Å². The Hall–Kier alpha value is -2.30. The predicted molar refractivity (Wildman–Crippen MR) is 76.8 cm³/mol. The molecule has 1 aliphatic rings. The highest BCUT2D eigenvalue weighted by molar-refractivity contribution is 6.02. The Balaban J connectivity index is 2.12. The lowest BCUT2D eigenvalue weighted by molar-refractivity contribution is -0.149. The van der Waals surface area contributed by atoms with E-state index in [1.165, 1.54) is 13.2 Å². The summed E-state index contributed by atoms with van der Waals surface area (Å²) in [6.07, 6.45) is 2.08. The van der Waals surface area contributed by atoms with Gasteiger partial charge in [-0.3, -0.25) is 9.59 Å². The predicted octanol–water partition coefficient (Wildman–Crippen LogP) is 2.84. The summed E-state index contributed by atoms with van der Waals surface area (Å²) >= 11 is 0. The van der Waals surface area contributed by atoms with Crippen molar-refractivity contribution in [1.82, 2.24) is 0 Å². The molecule has 0 saturated carbocycles. The second-order valence-corrected chi connectivity index (χ2v) is 4.89. The normalized spacial score (nSPS) is 16.3. The number of fused-ring (bicyclic) bond motifs is 1. The van der Waals surface area contributed by atoms with Crippen molar-refractivity contribution in [3.05, 3.63) is 35.9 Å². The first-order valence-electron chi connectivity index (χ1n) is 6.71. The van der Waals surface area contributed by atoms with E-state index < -0.39 is 5.97 Å². The minimum Gasteiger partial charge on any atom is -0.493 e. The molecular formula is C16H18O5. The van der Waals surface area contributed by atoms with Crippen LogP contribution in [0.2, 0.25) is 0 Å². The second-order valence-electron chi connectivity index (χ2n) is 4.89. The monoisotopic (exact) mass is 290 g/mol. The number of carbonyl (C=O) groups excluding carboxylic acids is 2. The van der Waals surface area contributed by atoms with Crippen LogP contribution in [0.4, 0.5) is 0 Å². The Morgan fingerprint density at radius 1 is 1.43 bits per heavy atom. The molecule has 21 heavy (non-hydrogen) atoms. The van der Waals surface area contributed by atoms with Gasteiger partial charge in [0.1, 0.15) is 0 Å². The lowest BCUT2D eigenvalue weighted by Crippen LogP contribution is -2.10. The molecule has 1 aliphatic carbocycles. The molecule has 0 bridgehead atoms. The average Bonchev–Trinajstić information content (AvgIpc) is 2.73. The average molecular weight is 290 g/mol. The molecular weight excluding hydrogens is 272 g/mol. The summed E-state index contributed by atoms with van der Waals surface area (Å²) in [6.45, 7) is 5.22. The fraction of sp³-hybridized carbons (Fsp3) is 0.375. The molecule has 0 spiro atoms. The van der Waals surface area contributed by atoms with Crippen LogP contribution in [0.3, 0.4) is 0 Å². The largest absolute Gasteiger partial charge is 0.493 e. The number of ketones is 1. The van der Waals surface area contributed by atoms with Gasteiger partial charge in [-0.25, -0.2) is 0 Å². The van der Waals surface area contributed by atoms with Crippen molar-refractivity contribution < 1.29 is 23.8 Å². The minimum atomic E-state index is -0.421. The van der Waals surface area contributed by atoms with E-state index in [0.29, 0.717) is 23.5 Å². The third kappa shape index (κ3) is 3.24. The van der Waals surface area contributed by atoms with Crippen LogP contribution in [0.15, 0.2) is 24.8 Å². The lowest BCUT2D eigenvalue weighted by atomic mass is 10.0. The molecule has 0 N–H and O–H groups in total. The summed E-state index contributed by atoms with van der Waals surface area (Å²) in [5.41, 5.74) is 1.61. The summed E-state index contributed by atoms with van der Waals surface area (Å²) < 4.78 is 15.5. The van der Waals surface area contributed by atoms with E-state index in [2.05, 4.69) is 6.58 Å². The molecule has 112 valence electrons. The highest BCUT2D eigenvalue weighted by Gasteiger charge is 2.28. The van der Waals surface area contributed by atoms with Crippen LogP contribution in [-0.4, -0.2) is 25.7 Å². The van der Waals surface area contributed by atoms with Gasteiger partial charge in [0, 0.05) is 12.0 Å². The molecule has 5 nitrogen and oxygen atoms in total. The maximum Gasteiger partial charge on any atom is 0.312 e. The molecule has 0 radical (unpaired) electrons. The van der Waals surface area contributed by atoms with Gasteiger partial charge in [0.15, 0.2) is 17.3 Å². The molecule has 1 unspecified atom stereocenters. The zero-order valence-corrected chi connectivity index (χ0v) is 12.2. The molecule has 5 heteroatoms. The maximum absolute atomic E-state index is 11.9. The summed E-state index contributed by atoms with van der Waals surface area (Å²) in [4.78, 5) is 23.1. The third-order valence-corrected chi connectivity index (χ3v) is 3.40. The molecule has 2 rings (SSSR count). The van der Waals surface area contributed by atoms with Crippen molar-refractivity contribution in [1.29, 1.82) is 0 Å². The minimum absolute atomic E-state index is 0.0913. The Morgan fingerprint density at radius 3 is 2.86 bits per heavy atom. The van der Waals surface area contributed by atoms with Gasteiger partial charge in [-0.2, -0.15) is 0 Å². The van der Waals surface area contributed by atoms with E-state index in [1.807, 2.05) is 13.0 Å². The van der Waals surface area contributed by atoms with Crippen LogP contribution >= 0.6 is 0 Å². The zero-order valence-electron chi connectivity index (χ0n) is 12.2.